The maximum atomic E-state index is 13.7. The topological polar surface area (TPSA) is 55.2 Å². The number of alkyl halides is 1. The molecule has 2 aromatic carbocycles. The first kappa shape index (κ1) is 22.2. The van der Waals surface area contributed by atoms with Gasteiger partial charge in [0.15, 0.2) is 0 Å². The molecule has 158 valence electrons. The molecule has 0 fully saturated rings. The molecule has 0 spiro atoms. The fourth-order valence-electron chi connectivity index (χ4n) is 3.44. The number of nitrogens with zero attached hydrogens (tertiary/aromatic N) is 3. The lowest BCUT2D eigenvalue weighted by molar-refractivity contribution is -0.132. The lowest BCUT2D eigenvalue weighted by atomic mass is 10.1. The average Bonchev–Trinajstić information content (AvgIpc) is 2.75. The van der Waals surface area contributed by atoms with Gasteiger partial charge in [-0.3, -0.25) is 14.2 Å². The van der Waals surface area contributed by atoms with E-state index >= 15 is 0 Å². The predicted octanol–water partition coefficient (Wildman–Crippen LogP) is 5.11. The van der Waals surface area contributed by atoms with Crippen molar-refractivity contribution in [3.63, 3.8) is 0 Å². The summed E-state index contributed by atoms with van der Waals surface area (Å²) < 4.78 is 15.2. The van der Waals surface area contributed by atoms with Crippen molar-refractivity contribution >= 4 is 40.0 Å². The number of aromatic nitrogens is 2. The number of amides is 1. The van der Waals surface area contributed by atoms with E-state index in [1.807, 2.05) is 6.92 Å². The summed E-state index contributed by atoms with van der Waals surface area (Å²) in [5.41, 5.74) is 0.611. The van der Waals surface area contributed by atoms with Crippen molar-refractivity contribution in [2.45, 2.75) is 32.2 Å². The van der Waals surface area contributed by atoms with E-state index in [1.165, 1.54) is 22.8 Å². The first-order valence-corrected chi connectivity index (χ1v) is 10.6. The van der Waals surface area contributed by atoms with Gasteiger partial charge in [-0.25, -0.2) is 9.37 Å². The number of hydrogen-bond donors (Lipinski definition) is 0. The zero-order valence-corrected chi connectivity index (χ0v) is 18.3. The molecule has 0 aliphatic heterocycles. The van der Waals surface area contributed by atoms with Gasteiger partial charge in [0.1, 0.15) is 11.6 Å². The van der Waals surface area contributed by atoms with E-state index in [4.69, 9.17) is 28.2 Å². The highest BCUT2D eigenvalue weighted by molar-refractivity contribution is 6.30. The molecule has 1 atom stereocenters. The Labute approximate surface area is 184 Å². The van der Waals surface area contributed by atoms with Crippen molar-refractivity contribution < 1.29 is 9.18 Å². The Morgan fingerprint density at radius 1 is 1.27 bits per heavy atom. The van der Waals surface area contributed by atoms with Crippen LogP contribution in [0.15, 0.2) is 47.3 Å². The van der Waals surface area contributed by atoms with Gasteiger partial charge >= 0.3 is 0 Å². The minimum Gasteiger partial charge on any atom is -0.336 e. The highest BCUT2D eigenvalue weighted by Gasteiger charge is 2.26. The van der Waals surface area contributed by atoms with Gasteiger partial charge in [-0.15, -0.1) is 11.6 Å². The number of fused-ring (bicyclic) bond motifs is 1. The molecular formula is C22H22Cl2FN3O2. The number of carbonyl (C=O) groups is 1. The Morgan fingerprint density at radius 2 is 2.00 bits per heavy atom. The fourth-order valence-corrected chi connectivity index (χ4v) is 3.75. The maximum absolute atomic E-state index is 13.7. The molecule has 0 radical (unpaired) electrons. The summed E-state index contributed by atoms with van der Waals surface area (Å²) in [6.07, 6.45) is 1.40. The second-order valence-corrected chi connectivity index (χ2v) is 7.73. The van der Waals surface area contributed by atoms with E-state index in [0.717, 1.165) is 0 Å². The van der Waals surface area contributed by atoms with Crippen LogP contribution in [-0.4, -0.2) is 33.3 Å². The van der Waals surface area contributed by atoms with Crippen LogP contribution >= 0.6 is 23.2 Å². The number of benzene rings is 2. The van der Waals surface area contributed by atoms with Crippen molar-refractivity contribution in [3.05, 3.63) is 69.5 Å². The highest BCUT2D eigenvalue weighted by atomic mass is 35.5. The van der Waals surface area contributed by atoms with Crippen LogP contribution in [0, 0.1) is 5.82 Å². The molecule has 8 heteroatoms. The third-order valence-corrected chi connectivity index (χ3v) is 5.59. The van der Waals surface area contributed by atoms with Crippen LogP contribution in [0.25, 0.3) is 16.6 Å². The zero-order chi connectivity index (χ0) is 21.8. The number of rotatable bonds is 7. The van der Waals surface area contributed by atoms with Crippen molar-refractivity contribution in [1.82, 2.24) is 14.5 Å². The van der Waals surface area contributed by atoms with E-state index in [-0.39, 0.29) is 16.5 Å². The number of halogens is 3. The molecule has 1 heterocycles. The average molecular weight is 450 g/mol. The van der Waals surface area contributed by atoms with Gasteiger partial charge in [0.25, 0.3) is 5.56 Å². The molecular weight excluding hydrogens is 428 g/mol. The molecule has 0 aliphatic rings. The third-order valence-electron chi connectivity index (χ3n) is 5.03. The minimum atomic E-state index is -0.579. The van der Waals surface area contributed by atoms with Crippen LogP contribution in [0.5, 0.6) is 0 Å². The van der Waals surface area contributed by atoms with Crippen molar-refractivity contribution in [2.75, 3.05) is 12.9 Å². The fraction of sp³-hybridized carbons (Fsp3) is 0.318. The lowest BCUT2D eigenvalue weighted by Crippen LogP contribution is -2.36. The minimum absolute atomic E-state index is 0.0893. The van der Waals surface area contributed by atoms with Gasteiger partial charge in [-0.1, -0.05) is 30.7 Å². The summed E-state index contributed by atoms with van der Waals surface area (Å²) in [6.45, 7) is 1.92. The van der Waals surface area contributed by atoms with Crippen molar-refractivity contribution in [2.24, 2.45) is 0 Å². The Balaban J connectivity index is 2.24. The quantitative estimate of drug-likeness (QED) is 0.471. The van der Waals surface area contributed by atoms with Crippen LogP contribution in [0.4, 0.5) is 4.39 Å². The first-order valence-electron chi connectivity index (χ1n) is 9.67. The highest BCUT2D eigenvalue weighted by Crippen LogP contribution is 2.27. The maximum Gasteiger partial charge on any atom is 0.266 e. The molecule has 1 aromatic heterocycles. The normalized spacial score (nSPS) is 12.2. The Kier molecular flexibility index (Phi) is 7.10. The first-order chi connectivity index (χ1) is 14.4. The molecule has 1 unspecified atom stereocenters. The molecule has 3 rings (SSSR count). The van der Waals surface area contributed by atoms with E-state index in [1.54, 1.807) is 36.2 Å². The van der Waals surface area contributed by atoms with Crippen LogP contribution in [0.3, 0.4) is 0 Å². The van der Waals surface area contributed by atoms with Gasteiger partial charge in [0, 0.05) is 19.3 Å². The van der Waals surface area contributed by atoms with E-state index in [9.17, 15) is 14.0 Å². The van der Waals surface area contributed by atoms with Gasteiger partial charge in [-0.05, 0) is 43.2 Å². The Morgan fingerprint density at radius 3 is 2.67 bits per heavy atom. The molecule has 30 heavy (non-hydrogen) atoms. The van der Waals surface area contributed by atoms with Crippen LogP contribution < -0.4 is 5.56 Å². The van der Waals surface area contributed by atoms with Gasteiger partial charge in [-0.2, -0.15) is 0 Å². The van der Waals surface area contributed by atoms with Crippen LogP contribution in [0.2, 0.25) is 5.02 Å². The molecule has 0 bridgehead atoms. The molecule has 0 N–H and O–H groups in total. The number of carbonyl (C=O) groups excluding carboxylic acids is 1. The van der Waals surface area contributed by atoms with E-state index in [0.29, 0.717) is 47.6 Å². The zero-order valence-electron chi connectivity index (χ0n) is 16.7. The van der Waals surface area contributed by atoms with E-state index in [2.05, 4.69) is 0 Å². The summed E-state index contributed by atoms with van der Waals surface area (Å²) in [5, 5.41) is 0.325. The van der Waals surface area contributed by atoms with Crippen molar-refractivity contribution in [1.29, 1.82) is 0 Å². The molecule has 0 aliphatic carbocycles. The molecule has 0 saturated carbocycles. The van der Waals surface area contributed by atoms with Gasteiger partial charge < -0.3 is 4.90 Å². The van der Waals surface area contributed by atoms with Crippen LogP contribution in [-0.2, 0) is 4.79 Å². The van der Waals surface area contributed by atoms with Gasteiger partial charge in [0.05, 0.1) is 27.7 Å². The SMILES string of the molecule is CCC(c1nc2ccccc2c(=O)n1-c1ccc(F)c(Cl)c1)N(C)C(=O)CCCCl. The Hall–Kier alpha value is -2.44. The monoisotopic (exact) mass is 449 g/mol. The second-order valence-electron chi connectivity index (χ2n) is 6.95. The molecule has 3 aromatic rings. The number of para-hydroxylation sites is 1. The largest absolute Gasteiger partial charge is 0.336 e. The smallest absolute Gasteiger partial charge is 0.266 e. The standard InChI is InChI=1S/C22H22Cl2FN3O2/c1-3-19(27(2)20(29)9-6-12-23)21-26-18-8-5-4-7-15(18)22(30)28(21)14-10-11-17(25)16(24)13-14/h4-5,7-8,10-11,13,19H,3,6,9,12H2,1-2H3. The second kappa shape index (κ2) is 9.58. The summed E-state index contributed by atoms with van der Waals surface area (Å²) in [4.78, 5) is 32.4. The summed E-state index contributed by atoms with van der Waals surface area (Å²) >= 11 is 11.7. The number of hydrogen-bond acceptors (Lipinski definition) is 3. The van der Waals surface area contributed by atoms with Crippen molar-refractivity contribution in [3.8, 4) is 5.69 Å². The summed E-state index contributed by atoms with van der Waals surface area (Å²) in [6, 6.07) is 10.6. The molecule has 0 saturated heterocycles. The summed E-state index contributed by atoms with van der Waals surface area (Å²) in [7, 11) is 1.69. The third kappa shape index (κ3) is 4.35. The lowest BCUT2D eigenvalue weighted by Gasteiger charge is -2.29. The predicted molar refractivity (Wildman–Crippen MR) is 118 cm³/mol. The van der Waals surface area contributed by atoms with Gasteiger partial charge in [0.2, 0.25) is 5.91 Å². The molecule has 1 amide bonds. The van der Waals surface area contributed by atoms with E-state index < -0.39 is 11.9 Å². The Bertz CT molecular complexity index is 1130. The van der Waals surface area contributed by atoms with Crippen LogP contribution in [0.1, 0.15) is 38.1 Å². The molecule has 5 nitrogen and oxygen atoms in total. The summed E-state index contributed by atoms with van der Waals surface area (Å²) in [5.74, 6) is 0.118.